The highest BCUT2D eigenvalue weighted by Crippen LogP contribution is 2.21. The topological polar surface area (TPSA) is 38.7 Å². The molecule has 0 aromatic carbocycles. The average Bonchev–Trinajstić information content (AvgIpc) is 2.35. The minimum absolute atomic E-state index is 0.303. The summed E-state index contributed by atoms with van der Waals surface area (Å²) in [5.74, 6) is -0.303. The number of nitrogens with zero attached hydrogens (tertiary/aromatic N) is 1. The Balaban J connectivity index is 2.53. The van der Waals surface area contributed by atoms with Crippen LogP contribution >= 0.6 is 0 Å². The molecule has 0 aromatic heterocycles. The Hall–Kier alpha value is -1.38. The van der Waals surface area contributed by atoms with Crippen LogP contribution in [0.3, 0.4) is 0 Å². The van der Waals surface area contributed by atoms with E-state index in [1.54, 1.807) is 6.21 Å². The fourth-order valence-corrected chi connectivity index (χ4v) is 0.781. The van der Waals surface area contributed by atoms with Crippen molar-refractivity contribution in [2.45, 2.75) is 0 Å². The van der Waals surface area contributed by atoms with Gasteiger partial charge in [0.25, 0.3) is 0 Å². The molecular weight excluding hydrogens is 118 g/mol. The van der Waals surface area contributed by atoms with E-state index in [4.69, 9.17) is 0 Å². The first-order valence-electron chi connectivity index (χ1n) is 2.53. The maximum atomic E-state index is 10.6. The molecule has 0 amide bonds. The second-order valence-corrected chi connectivity index (χ2v) is 1.80. The number of hydrogen-bond acceptors (Lipinski definition) is 3. The molecule has 2 aliphatic heterocycles. The van der Waals surface area contributed by atoms with Crippen LogP contribution in [0.15, 0.2) is 28.6 Å². The van der Waals surface area contributed by atoms with Crippen molar-refractivity contribution < 1.29 is 9.53 Å². The summed E-state index contributed by atoms with van der Waals surface area (Å²) in [6, 6.07) is 0. The number of aliphatic imine (C=N–C) groups is 1. The van der Waals surface area contributed by atoms with E-state index in [0.29, 0.717) is 5.57 Å². The van der Waals surface area contributed by atoms with E-state index in [0.717, 1.165) is 5.57 Å². The van der Waals surface area contributed by atoms with Crippen LogP contribution in [-0.4, -0.2) is 12.2 Å². The molecule has 2 rings (SSSR count). The molecule has 0 fully saturated rings. The summed E-state index contributed by atoms with van der Waals surface area (Å²) in [4.78, 5) is 14.4. The fourth-order valence-electron chi connectivity index (χ4n) is 0.781. The van der Waals surface area contributed by atoms with Gasteiger partial charge in [-0.1, -0.05) is 0 Å². The second-order valence-electron chi connectivity index (χ2n) is 1.80. The van der Waals surface area contributed by atoms with Gasteiger partial charge in [0.15, 0.2) is 0 Å². The Morgan fingerprint density at radius 2 is 2.44 bits per heavy atom. The summed E-state index contributed by atoms with van der Waals surface area (Å²) in [6.45, 7) is 0. The Kier molecular flexibility index (Phi) is 0.656. The molecular formula is C6H3NO2. The summed E-state index contributed by atoms with van der Waals surface area (Å²) in [5.41, 5.74) is 1.34. The van der Waals surface area contributed by atoms with Gasteiger partial charge in [-0.2, -0.15) is 0 Å². The highest BCUT2D eigenvalue weighted by atomic mass is 16.5. The number of esters is 1. The Morgan fingerprint density at radius 1 is 1.56 bits per heavy atom. The maximum absolute atomic E-state index is 10.6. The lowest BCUT2D eigenvalue weighted by Crippen LogP contribution is -1.95. The molecule has 9 heavy (non-hydrogen) atoms. The number of ether oxygens (including phenoxy) is 1. The minimum Gasteiger partial charge on any atom is -0.430 e. The summed E-state index contributed by atoms with van der Waals surface area (Å²) in [6.07, 6.45) is 4.51. The highest BCUT2D eigenvalue weighted by Gasteiger charge is 2.23. The van der Waals surface area contributed by atoms with Crippen molar-refractivity contribution in [1.82, 2.24) is 0 Å². The zero-order chi connectivity index (χ0) is 6.27. The van der Waals surface area contributed by atoms with E-state index in [9.17, 15) is 4.79 Å². The Morgan fingerprint density at radius 3 is 3.22 bits per heavy atom. The predicted molar refractivity (Wildman–Crippen MR) is 30.7 cm³/mol. The third kappa shape index (κ3) is 0.455. The molecule has 3 nitrogen and oxygen atoms in total. The van der Waals surface area contributed by atoms with Gasteiger partial charge < -0.3 is 4.74 Å². The molecule has 2 aliphatic rings. The van der Waals surface area contributed by atoms with Crippen LogP contribution < -0.4 is 0 Å². The van der Waals surface area contributed by atoms with E-state index in [-0.39, 0.29) is 5.97 Å². The number of fused-ring (bicyclic) bond motifs is 1. The third-order valence-electron chi connectivity index (χ3n) is 1.24. The largest absolute Gasteiger partial charge is 0.430 e. The van der Waals surface area contributed by atoms with Crippen LogP contribution in [0.25, 0.3) is 0 Å². The zero-order valence-electron chi connectivity index (χ0n) is 4.50. The maximum Gasteiger partial charge on any atom is 0.345 e. The molecule has 0 unspecified atom stereocenters. The first-order valence-corrected chi connectivity index (χ1v) is 2.53. The SMILES string of the molecule is O=C1OC=C2C=NC=C12. The molecule has 2 heterocycles. The van der Waals surface area contributed by atoms with Crippen molar-refractivity contribution >= 4 is 12.2 Å². The first kappa shape index (κ1) is 4.49. The van der Waals surface area contributed by atoms with Gasteiger partial charge in [-0.25, -0.2) is 4.79 Å². The van der Waals surface area contributed by atoms with E-state index in [1.165, 1.54) is 12.5 Å². The van der Waals surface area contributed by atoms with Gasteiger partial charge in [0.2, 0.25) is 0 Å². The van der Waals surface area contributed by atoms with Crippen LogP contribution in [0.5, 0.6) is 0 Å². The molecule has 3 heteroatoms. The lowest BCUT2D eigenvalue weighted by atomic mass is 10.2. The van der Waals surface area contributed by atoms with Gasteiger partial charge in [0, 0.05) is 18.0 Å². The lowest BCUT2D eigenvalue weighted by Gasteiger charge is -1.84. The van der Waals surface area contributed by atoms with Crippen molar-refractivity contribution in [3.63, 3.8) is 0 Å². The van der Waals surface area contributed by atoms with Crippen molar-refractivity contribution in [1.29, 1.82) is 0 Å². The highest BCUT2D eigenvalue weighted by molar-refractivity contribution is 6.08. The molecule has 0 N–H and O–H groups in total. The van der Waals surface area contributed by atoms with Crippen LogP contribution in [0.2, 0.25) is 0 Å². The fraction of sp³-hybridized carbons (Fsp3) is 0. The Bertz CT molecular complexity index is 260. The van der Waals surface area contributed by atoms with Crippen molar-refractivity contribution in [2.24, 2.45) is 4.99 Å². The van der Waals surface area contributed by atoms with Gasteiger partial charge in [0.1, 0.15) is 6.26 Å². The smallest absolute Gasteiger partial charge is 0.345 e. The molecule has 0 aliphatic carbocycles. The Labute approximate surface area is 51.3 Å². The van der Waals surface area contributed by atoms with Crippen LogP contribution in [0.1, 0.15) is 0 Å². The summed E-state index contributed by atoms with van der Waals surface area (Å²) in [7, 11) is 0. The van der Waals surface area contributed by atoms with Crippen LogP contribution in [0, 0.1) is 0 Å². The summed E-state index contributed by atoms with van der Waals surface area (Å²) in [5, 5.41) is 0. The van der Waals surface area contributed by atoms with Crippen LogP contribution in [-0.2, 0) is 9.53 Å². The average molecular weight is 121 g/mol. The number of carbonyl (C=O) groups is 1. The van der Waals surface area contributed by atoms with Crippen molar-refractivity contribution in [3.05, 3.63) is 23.6 Å². The zero-order valence-corrected chi connectivity index (χ0v) is 4.50. The lowest BCUT2D eigenvalue weighted by molar-refractivity contribution is -0.132. The van der Waals surface area contributed by atoms with Crippen molar-refractivity contribution in [3.8, 4) is 0 Å². The molecule has 0 aromatic rings. The first-order chi connectivity index (χ1) is 4.38. The predicted octanol–water partition coefficient (Wildman–Crippen LogP) is 0.395. The van der Waals surface area contributed by atoms with Crippen LogP contribution in [0.4, 0.5) is 0 Å². The number of cyclic esters (lactones) is 1. The monoisotopic (exact) mass is 121 g/mol. The number of carbonyl (C=O) groups excluding carboxylic acids is 1. The van der Waals surface area contributed by atoms with Gasteiger partial charge in [-0.15, -0.1) is 0 Å². The molecule has 0 saturated heterocycles. The van der Waals surface area contributed by atoms with Gasteiger partial charge in [-0.3, -0.25) is 4.99 Å². The van der Waals surface area contributed by atoms with Gasteiger partial charge in [0.05, 0.1) is 5.57 Å². The van der Waals surface area contributed by atoms with Gasteiger partial charge in [-0.05, 0) is 0 Å². The molecule has 0 radical (unpaired) electrons. The van der Waals surface area contributed by atoms with Gasteiger partial charge >= 0.3 is 5.97 Å². The molecule has 44 valence electrons. The number of hydrogen-bond donors (Lipinski definition) is 0. The molecule has 0 spiro atoms. The van der Waals surface area contributed by atoms with Crippen molar-refractivity contribution in [2.75, 3.05) is 0 Å². The standard InChI is InChI=1S/C6H3NO2/c8-6-5-2-7-1-4(5)3-9-6/h1-3H. The molecule has 0 saturated carbocycles. The van der Waals surface area contributed by atoms with E-state index in [2.05, 4.69) is 9.73 Å². The second kappa shape index (κ2) is 1.31. The third-order valence-corrected chi connectivity index (χ3v) is 1.24. The number of rotatable bonds is 0. The summed E-state index contributed by atoms with van der Waals surface area (Å²) >= 11 is 0. The minimum atomic E-state index is -0.303. The quantitative estimate of drug-likeness (QED) is 0.435. The van der Waals surface area contributed by atoms with E-state index in [1.807, 2.05) is 0 Å². The van der Waals surface area contributed by atoms with E-state index >= 15 is 0 Å². The normalized spacial score (nSPS) is 21.1. The molecule has 0 atom stereocenters. The van der Waals surface area contributed by atoms with E-state index < -0.39 is 0 Å². The molecule has 0 bridgehead atoms. The summed E-state index contributed by atoms with van der Waals surface area (Å²) < 4.78 is 4.56.